The van der Waals surface area contributed by atoms with Crippen molar-refractivity contribution in [2.75, 3.05) is 12.3 Å². The van der Waals surface area contributed by atoms with Crippen LogP contribution in [-0.4, -0.2) is 31.2 Å². The van der Waals surface area contributed by atoms with Crippen molar-refractivity contribution in [3.63, 3.8) is 0 Å². The van der Waals surface area contributed by atoms with E-state index in [1.165, 1.54) is 6.33 Å². The van der Waals surface area contributed by atoms with Gasteiger partial charge in [0, 0.05) is 6.20 Å². The Balaban J connectivity index is 2.12. The van der Waals surface area contributed by atoms with Crippen LogP contribution in [0.1, 0.15) is 6.42 Å². The van der Waals surface area contributed by atoms with Crippen LogP contribution in [-0.2, 0) is 0 Å². The monoisotopic (exact) mass is 257 g/mol. The number of fused-ring (bicyclic) bond motifs is 1. The van der Waals surface area contributed by atoms with E-state index in [0.717, 1.165) is 5.57 Å². The molecule has 96 valence electrons. The summed E-state index contributed by atoms with van der Waals surface area (Å²) < 4.78 is 1.59. The molecule has 0 bridgehead atoms. The highest BCUT2D eigenvalue weighted by molar-refractivity contribution is 5.74. The molecule has 1 fully saturated rings. The smallest absolute Gasteiger partial charge is 0.280 e. The minimum absolute atomic E-state index is 0.0267. The van der Waals surface area contributed by atoms with E-state index < -0.39 is 5.41 Å². The number of hydrogen-bond acceptors (Lipinski definition) is 5. The third-order valence-corrected chi connectivity index (χ3v) is 3.27. The van der Waals surface area contributed by atoms with E-state index in [9.17, 15) is 9.90 Å². The molecule has 0 radical (unpaired) electrons. The van der Waals surface area contributed by atoms with Gasteiger partial charge < -0.3 is 10.8 Å². The number of nitrogen functional groups attached to an aromatic ring is 1. The van der Waals surface area contributed by atoms with Crippen LogP contribution in [0.15, 0.2) is 16.7 Å². The summed E-state index contributed by atoms with van der Waals surface area (Å²) >= 11 is 0. The quantitative estimate of drug-likeness (QED) is 0.632. The van der Waals surface area contributed by atoms with E-state index in [-0.39, 0.29) is 23.6 Å². The number of nitrogens with one attached hydrogen (secondary N) is 1. The Labute approximate surface area is 107 Å². The van der Waals surface area contributed by atoms with Crippen LogP contribution in [0.3, 0.4) is 0 Å². The number of terminal acetylenes is 1. The number of aromatic amines is 1. The maximum absolute atomic E-state index is 11.6. The number of imidazole rings is 1. The lowest BCUT2D eigenvalue weighted by molar-refractivity contribution is 0.254. The zero-order valence-corrected chi connectivity index (χ0v) is 9.92. The molecule has 0 aromatic carbocycles. The van der Waals surface area contributed by atoms with E-state index in [1.807, 2.05) is 0 Å². The van der Waals surface area contributed by atoms with Crippen molar-refractivity contribution in [1.82, 2.24) is 19.5 Å². The average Bonchev–Trinajstić information content (AvgIpc) is 2.94. The zero-order chi connectivity index (χ0) is 13.6. The summed E-state index contributed by atoms with van der Waals surface area (Å²) in [6.45, 7) is -0.0991. The molecule has 7 heteroatoms. The van der Waals surface area contributed by atoms with Crippen molar-refractivity contribution in [3.8, 4) is 12.3 Å². The van der Waals surface area contributed by atoms with Gasteiger partial charge in [-0.2, -0.15) is 4.98 Å². The molecule has 0 saturated heterocycles. The maximum Gasteiger partial charge on any atom is 0.280 e. The molecule has 0 amide bonds. The second-order valence-electron chi connectivity index (χ2n) is 4.49. The average molecular weight is 257 g/mol. The van der Waals surface area contributed by atoms with Gasteiger partial charge in [0.2, 0.25) is 5.95 Å². The molecule has 7 nitrogen and oxygen atoms in total. The van der Waals surface area contributed by atoms with E-state index >= 15 is 0 Å². The fourth-order valence-electron chi connectivity index (χ4n) is 2.00. The zero-order valence-electron chi connectivity index (χ0n) is 9.92. The summed E-state index contributed by atoms with van der Waals surface area (Å²) in [5, 5.41) is 9.26. The number of rotatable bonds is 2. The lowest BCUT2D eigenvalue weighted by Crippen LogP contribution is -2.11. The Kier molecular flexibility index (Phi) is 2.24. The van der Waals surface area contributed by atoms with Gasteiger partial charge in [-0.3, -0.25) is 14.3 Å². The van der Waals surface area contributed by atoms with Crippen molar-refractivity contribution in [2.45, 2.75) is 6.42 Å². The number of hydrogen-bond donors (Lipinski definition) is 3. The molecule has 1 unspecified atom stereocenters. The predicted octanol–water partition coefficient (Wildman–Crippen LogP) is -0.442. The predicted molar refractivity (Wildman–Crippen MR) is 69.8 cm³/mol. The first-order valence-corrected chi connectivity index (χ1v) is 5.62. The summed E-state index contributed by atoms with van der Waals surface area (Å²) in [4.78, 5) is 22.0. The molecule has 4 N–H and O–H groups in total. The van der Waals surface area contributed by atoms with Crippen LogP contribution in [0.25, 0.3) is 17.4 Å². The number of H-pyrrole nitrogens is 1. The first-order valence-electron chi connectivity index (χ1n) is 5.62. The highest BCUT2D eigenvalue weighted by atomic mass is 16.3. The van der Waals surface area contributed by atoms with Gasteiger partial charge in [-0.1, -0.05) is 5.92 Å². The van der Waals surface area contributed by atoms with Gasteiger partial charge >= 0.3 is 0 Å². The van der Waals surface area contributed by atoms with E-state index in [1.54, 1.807) is 10.8 Å². The molecule has 1 aliphatic carbocycles. The molecule has 0 spiro atoms. The molecule has 2 aromatic heterocycles. The molecule has 19 heavy (non-hydrogen) atoms. The van der Waals surface area contributed by atoms with Gasteiger partial charge in [-0.25, -0.2) is 4.98 Å². The van der Waals surface area contributed by atoms with Crippen molar-refractivity contribution in [1.29, 1.82) is 0 Å². The van der Waals surface area contributed by atoms with Gasteiger partial charge in [0.25, 0.3) is 5.56 Å². The lowest BCUT2D eigenvalue weighted by atomic mass is 10.1. The standard InChI is InChI=1S/C12H11N5O2/c1-2-12(5-18)3-7(12)4-17-6-14-8-9(17)15-11(13)16-10(8)19/h1,4,6,18H,3,5H2,(H3,13,15,16,19)/b7-4-. The van der Waals surface area contributed by atoms with Crippen LogP contribution < -0.4 is 11.3 Å². The highest BCUT2D eigenvalue weighted by Gasteiger charge is 2.47. The number of aliphatic hydroxyl groups is 1. The molecule has 1 saturated carbocycles. The third kappa shape index (κ3) is 1.62. The Morgan fingerprint density at radius 3 is 3.16 bits per heavy atom. The van der Waals surface area contributed by atoms with Crippen LogP contribution in [0.2, 0.25) is 0 Å². The van der Waals surface area contributed by atoms with Gasteiger partial charge in [0.05, 0.1) is 12.0 Å². The largest absolute Gasteiger partial charge is 0.394 e. The summed E-state index contributed by atoms with van der Waals surface area (Å²) in [5.74, 6) is 2.60. The first kappa shape index (κ1) is 11.5. The minimum atomic E-state index is -0.580. The van der Waals surface area contributed by atoms with Crippen molar-refractivity contribution < 1.29 is 5.11 Å². The van der Waals surface area contributed by atoms with E-state index in [2.05, 4.69) is 20.9 Å². The van der Waals surface area contributed by atoms with Crippen LogP contribution in [0, 0.1) is 17.8 Å². The Bertz CT molecular complexity index is 795. The molecule has 3 rings (SSSR count). The molecule has 0 aliphatic heterocycles. The summed E-state index contributed by atoms with van der Waals surface area (Å²) in [5.41, 5.74) is 6.01. The molecule has 2 heterocycles. The normalized spacial score (nSPS) is 23.7. The van der Waals surface area contributed by atoms with E-state index in [0.29, 0.717) is 12.1 Å². The van der Waals surface area contributed by atoms with Crippen LogP contribution in [0.5, 0.6) is 0 Å². The van der Waals surface area contributed by atoms with Crippen molar-refractivity contribution in [3.05, 3.63) is 22.3 Å². The van der Waals surface area contributed by atoms with Gasteiger partial charge in [0.1, 0.15) is 6.33 Å². The van der Waals surface area contributed by atoms with E-state index in [4.69, 9.17) is 12.2 Å². The number of nitrogens with two attached hydrogens (primary N) is 1. The molecule has 2 aromatic rings. The molecular formula is C12H11N5O2. The van der Waals surface area contributed by atoms with Crippen molar-refractivity contribution in [2.24, 2.45) is 5.41 Å². The van der Waals surface area contributed by atoms with Crippen LogP contribution in [0.4, 0.5) is 5.95 Å². The number of anilines is 1. The molecule has 1 aliphatic rings. The Morgan fingerprint density at radius 2 is 2.53 bits per heavy atom. The number of aromatic nitrogens is 4. The Morgan fingerprint density at radius 1 is 1.74 bits per heavy atom. The molecule has 1 atom stereocenters. The fraction of sp³-hybridized carbons (Fsp3) is 0.250. The summed E-state index contributed by atoms with van der Waals surface area (Å²) in [6, 6.07) is 0. The second kappa shape index (κ2) is 3.70. The fourth-order valence-corrected chi connectivity index (χ4v) is 2.00. The van der Waals surface area contributed by atoms with Gasteiger partial charge in [0.15, 0.2) is 11.2 Å². The van der Waals surface area contributed by atoms with Crippen molar-refractivity contribution >= 4 is 23.3 Å². The topological polar surface area (TPSA) is 110 Å². The minimum Gasteiger partial charge on any atom is -0.394 e. The summed E-state index contributed by atoms with van der Waals surface area (Å²) in [7, 11) is 0. The number of nitrogens with zero attached hydrogens (tertiary/aromatic N) is 3. The highest BCUT2D eigenvalue weighted by Crippen LogP contribution is 2.51. The maximum atomic E-state index is 11.6. The van der Waals surface area contributed by atoms with Gasteiger partial charge in [-0.15, -0.1) is 6.42 Å². The summed E-state index contributed by atoms with van der Waals surface area (Å²) in [6.07, 6.45) is 9.22. The molecular weight excluding hydrogens is 246 g/mol. The third-order valence-electron chi connectivity index (χ3n) is 3.27. The second-order valence-corrected chi connectivity index (χ2v) is 4.49. The number of aliphatic hydroxyl groups excluding tert-OH is 1. The lowest BCUT2D eigenvalue weighted by Gasteiger charge is -2.00. The first-order chi connectivity index (χ1) is 9.09. The van der Waals surface area contributed by atoms with Gasteiger partial charge in [-0.05, 0) is 12.0 Å². The SMILES string of the molecule is C#CC1(CO)C/C1=C/n1cnc2c(=O)[nH]c(N)nc21. The van der Waals surface area contributed by atoms with Crippen LogP contribution >= 0.6 is 0 Å². The Hall–Kier alpha value is -2.59.